The van der Waals surface area contributed by atoms with E-state index in [0.717, 1.165) is 12.0 Å². The first-order chi connectivity index (χ1) is 8.97. The van der Waals surface area contributed by atoms with Crippen molar-refractivity contribution in [2.24, 2.45) is 11.7 Å². The van der Waals surface area contributed by atoms with Crippen LogP contribution >= 0.6 is 0 Å². The van der Waals surface area contributed by atoms with Crippen molar-refractivity contribution in [1.82, 2.24) is 0 Å². The van der Waals surface area contributed by atoms with Crippen LogP contribution in [0, 0.1) is 5.92 Å². The van der Waals surface area contributed by atoms with Crippen molar-refractivity contribution < 1.29 is 8.42 Å². The van der Waals surface area contributed by atoms with Gasteiger partial charge in [-0.25, -0.2) is 8.42 Å². The number of benzene rings is 1. The maximum atomic E-state index is 11.6. The lowest BCUT2D eigenvalue weighted by Crippen LogP contribution is -2.17. The van der Waals surface area contributed by atoms with Gasteiger partial charge in [-0.1, -0.05) is 44.2 Å². The van der Waals surface area contributed by atoms with Crippen molar-refractivity contribution in [3.8, 4) is 0 Å². The first-order valence-electron chi connectivity index (χ1n) is 7.02. The molecule has 106 valence electrons. The maximum Gasteiger partial charge on any atom is 0.175 e. The van der Waals surface area contributed by atoms with E-state index in [4.69, 9.17) is 5.73 Å². The summed E-state index contributed by atoms with van der Waals surface area (Å²) in [6, 6.07) is 7.02. The van der Waals surface area contributed by atoms with Crippen LogP contribution in [0.2, 0.25) is 0 Å². The molecule has 1 unspecified atom stereocenters. The third-order valence-corrected chi connectivity index (χ3v) is 5.14. The summed E-state index contributed by atoms with van der Waals surface area (Å²) < 4.78 is 23.1. The largest absolute Gasteiger partial charge is 0.324 e. The quantitative estimate of drug-likeness (QED) is 0.922. The lowest BCUT2D eigenvalue weighted by atomic mass is 9.83. The molecule has 0 bridgehead atoms. The molecule has 0 radical (unpaired) electrons. The van der Waals surface area contributed by atoms with Crippen LogP contribution < -0.4 is 5.73 Å². The third kappa shape index (κ3) is 4.05. The predicted molar refractivity (Wildman–Crippen MR) is 77.7 cm³/mol. The minimum atomic E-state index is -3.15. The molecule has 1 aliphatic carbocycles. The second-order valence-corrected chi connectivity index (χ2v) is 7.71. The molecule has 1 aromatic rings. The van der Waals surface area contributed by atoms with Crippen LogP contribution in [0.5, 0.6) is 0 Å². The van der Waals surface area contributed by atoms with E-state index in [2.05, 4.69) is 0 Å². The minimum absolute atomic E-state index is 0.0511. The molecule has 2 N–H and O–H groups in total. The lowest BCUT2D eigenvalue weighted by Gasteiger charge is -2.24. The summed E-state index contributed by atoms with van der Waals surface area (Å²) in [7, 11) is -3.15. The summed E-state index contributed by atoms with van der Waals surface area (Å²) in [5, 5.41) is 0. The second kappa shape index (κ2) is 6.06. The second-order valence-electron chi connectivity index (χ2n) is 5.69. The highest BCUT2D eigenvalue weighted by Crippen LogP contribution is 2.31. The molecule has 0 spiro atoms. The van der Waals surface area contributed by atoms with Gasteiger partial charge in [0, 0.05) is 12.3 Å². The fourth-order valence-corrected chi connectivity index (χ4v) is 3.57. The SMILES string of the molecule is CS(=O)(=O)c1cccc(C(N)CC2CCCCC2)c1. The Bertz CT molecular complexity index is 519. The Labute approximate surface area is 116 Å². The van der Waals surface area contributed by atoms with E-state index < -0.39 is 9.84 Å². The molecule has 0 aromatic heterocycles. The van der Waals surface area contributed by atoms with E-state index in [0.29, 0.717) is 10.8 Å². The van der Waals surface area contributed by atoms with Crippen LogP contribution in [0.15, 0.2) is 29.2 Å². The van der Waals surface area contributed by atoms with Gasteiger partial charge in [0.2, 0.25) is 0 Å². The Balaban J connectivity index is 2.08. The Morgan fingerprint density at radius 3 is 2.58 bits per heavy atom. The summed E-state index contributed by atoms with van der Waals surface area (Å²) >= 11 is 0. The highest BCUT2D eigenvalue weighted by molar-refractivity contribution is 7.90. The molecule has 1 saturated carbocycles. The zero-order chi connectivity index (χ0) is 13.9. The normalized spacial score (nSPS) is 19.3. The highest BCUT2D eigenvalue weighted by atomic mass is 32.2. The van der Waals surface area contributed by atoms with Gasteiger partial charge in [-0.15, -0.1) is 0 Å². The van der Waals surface area contributed by atoms with Gasteiger partial charge in [-0.3, -0.25) is 0 Å². The summed E-state index contributed by atoms with van der Waals surface area (Å²) in [4.78, 5) is 0.365. The molecule has 0 saturated heterocycles. The van der Waals surface area contributed by atoms with Crippen LogP contribution in [0.25, 0.3) is 0 Å². The van der Waals surface area contributed by atoms with Crippen molar-refractivity contribution in [3.63, 3.8) is 0 Å². The van der Waals surface area contributed by atoms with Gasteiger partial charge < -0.3 is 5.73 Å². The van der Waals surface area contributed by atoms with Gasteiger partial charge in [0.05, 0.1) is 4.90 Å². The molecule has 0 aliphatic heterocycles. The molecule has 0 heterocycles. The zero-order valence-electron chi connectivity index (χ0n) is 11.5. The number of hydrogen-bond acceptors (Lipinski definition) is 3. The van der Waals surface area contributed by atoms with Crippen LogP contribution in [0.1, 0.15) is 50.1 Å². The highest BCUT2D eigenvalue weighted by Gasteiger charge is 2.18. The molecule has 3 nitrogen and oxygen atoms in total. The molecule has 1 atom stereocenters. The van der Waals surface area contributed by atoms with Gasteiger partial charge >= 0.3 is 0 Å². The Morgan fingerprint density at radius 2 is 1.95 bits per heavy atom. The molecule has 0 amide bonds. The zero-order valence-corrected chi connectivity index (χ0v) is 12.3. The molecule has 4 heteroatoms. The van der Waals surface area contributed by atoms with Crippen LogP contribution in [-0.2, 0) is 9.84 Å². The van der Waals surface area contributed by atoms with Gasteiger partial charge in [0.1, 0.15) is 0 Å². The van der Waals surface area contributed by atoms with Crippen molar-refractivity contribution in [1.29, 1.82) is 0 Å². The van der Waals surface area contributed by atoms with Gasteiger partial charge in [0.25, 0.3) is 0 Å². The van der Waals surface area contributed by atoms with Crippen LogP contribution in [0.4, 0.5) is 0 Å². The third-order valence-electron chi connectivity index (χ3n) is 4.03. The van der Waals surface area contributed by atoms with E-state index in [1.165, 1.54) is 38.4 Å². The Hall–Kier alpha value is -0.870. The predicted octanol–water partition coefficient (Wildman–Crippen LogP) is 3.06. The summed E-state index contributed by atoms with van der Waals surface area (Å²) in [5.41, 5.74) is 7.18. The minimum Gasteiger partial charge on any atom is -0.324 e. The number of sulfone groups is 1. The first kappa shape index (κ1) is 14.5. The van der Waals surface area contributed by atoms with Gasteiger partial charge in [0.15, 0.2) is 9.84 Å². The smallest absolute Gasteiger partial charge is 0.175 e. The van der Waals surface area contributed by atoms with Crippen LogP contribution in [0.3, 0.4) is 0 Å². The van der Waals surface area contributed by atoms with Crippen LogP contribution in [-0.4, -0.2) is 14.7 Å². The van der Waals surface area contributed by atoms with Crippen molar-refractivity contribution in [2.75, 3.05) is 6.26 Å². The summed E-state index contributed by atoms with van der Waals surface area (Å²) in [6.07, 6.45) is 8.68. The molecule has 1 aliphatic rings. The number of rotatable bonds is 4. The van der Waals surface area contributed by atoms with E-state index in [1.807, 2.05) is 6.07 Å². The van der Waals surface area contributed by atoms with E-state index in [-0.39, 0.29) is 6.04 Å². The van der Waals surface area contributed by atoms with Crippen molar-refractivity contribution in [3.05, 3.63) is 29.8 Å². The summed E-state index contributed by atoms with van der Waals surface area (Å²) in [5.74, 6) is 0.700. The number of hydrogen-bond donors (Lipinski definition) is 1. The number of nitrogens with two attached hydrogens (primary N) is 1. The average Bonchev–Trinajstić information content (AvgIpc) is 2.39. The standard InChI is InChI=1S/C15H23NO2S/c1-19(17,18)14-9-5-8-13(11-14)15(16)10-12-6-3-2-4-7-12/h5,8-9,11-12,15H,2-4,6-7,10,16H2,1H3. The summed E-state index contributed by atoms with van der Waals surface area (Å²) in [6.45, 7) is 0. The van der Waals surface area contributed by atoms with E-state index in [9.17, 15) is 8.42 Å². The average molecular weight is 281 g/mol. The topological polar surface area (TPSA) is 60.2 Å². The molecule has 19 heavy (non-hydrogen) atoms. The molecular formula is C15H23NO2S. The lowest BCUT2D eigenvalue weighted by molar-refractivity contribution is 0.319. The van der Waals surface area contributed by atoms with E-state index >= 15 is 0 Å². The monoisotopic (exact) mass is 281 g/mol. The maximum absolute atomic E-state index is 11.6. The fraction of sp³-hybridized carbons (Fsp3) is 0.600. The molecule has 1 aromatic carbocycles. The molecule has 1 fully saturated rings. The molecule has 2 rings (SSSR count). The van der Waals surface area contributed by atoms with Crippen molar-refractivity contribution >= 4 is 9.84 Å². The Morgan fingerprint density at radius 1 is 1.26 bits per heavy atom. The fourth-order valence-electron chi connectivity index (χ4n) is 2.89. The van der Waals surface area contributed by atoms with Gasteiger partial charge in [-0.2, -0.15) is 0 Å². The first-order valence-corrected chi connectivity index (χ1v) is 8.91. The Kier molecular flexibility index (Phi) is 4.63. The van der Waals surface area contributed by atoms with Crippen molar-refractivity contribution in [2.45, 2.75) is 49.5 Å². The van der Waals surface area contributed by atoms with E-state index in [1.54, 1.807) is 18.2 Å². The van der Waals surface area contributed by atoms with Gasteiger partial charge in [-0.05, 0) is 30.0 Å². The molecular weight excluding hydrogens is 258 g/mol.